The Labute approximate surface area is 238 Å². The number of thiazole rings is 1. The van der Waals surface area contributed by atoms with Crippen LogP contribution in [0.4, 0.5) is 4.39 Å². The van der Waals surface area contributed by atoms with Gasteiger partial charge < -0.3 is 20.3 Å². The molecule has 0 radical (unpaired) electrons. The quantitative estimate of drug-likeness (QED) is 0.245. The van der Waals surface area contributed by atoms with Gasteiger partial charge in [-0.3, -0.25) is 4.79 Å². The molecule has 1 saturated heterocycles. The van der Waals surface area contributed by atoms with Gasteiger partial charge in [-0.05, 0) is 49.9 Å². The number of fused-ring (bicyclic) bond motifs is 1. The summed E-state index contributed by atoms with van der Waals surface area (Å²) < 4.78 is 22.6. The summed E-state index contributed by atoms with van der Waals surface area (Å²) in [6.45, 7) is 2.29. The second-order valence-electron chi connectivity index (χ2n) is 9.46. The van der Waals surface area contributed by atoms with Gasteiger partial charge in [-0.2, -0.15) is 5.10 Å². The molecule has 0 amide bonds. The summed E-state index contributed by atoms with van der Waals surface area (Å²) in [6.07, 6.45) is 1.33. The molecule has 0 spiro atoms. The van der Waals surface area contributed by atoms with Crippen molar-refractivity contribution in [2.24, 2.45) is 0 Å². The van der Waals surface area contributed by atoms with Crippen LogP contribution in [0.25, 0.3) is 15.9 Å². The van der Waals surface area contributed by atoms with Crippen LogP contribution in [-0.2, 0) is 11.3 Å². The maximum absolute atomic E-state index is 12.5. The van der Waals surface area contributed by atoms with Gasteiger partial charge in [-0.25, -0.2) is 23.7 Å². The van der Waals surface area contributed by atoms with Crippen molar-refractivity contribution in [1.29, 1.82) is 0 Å². The van der Waals surface area contributed by atoms with Crippen LogP contribution in [0, 0.1) is 12.7 Å². The zero-order valence-electron chi connectivity index (χ0n) is 22.3. The van der Waals surface area contributed by atoms with Crippen molar-refractivity contribution in [1.82, 2.24) is 40.1 Å². The molecule has 3 aromatic heterocycles. The molecule has 4 atom stereocenters. The zero-order chi connectivity index (χ0) is 28.9. The Morgan fingerprint density at radius 3 is 2.85 bits per heavy atom. The summed E-state index contributed by atoms with van der Waals surface area (Å²) in [6, 6.07) is 11.8. The molecular weight excluding hydrogens is 551 g/mol. The lowest BCUT2D eigenvalue weighted by Crippen LogP contribution is -2.45. The fourth-order valence-electron chi connectivity index (χ4n) is 4.72. The van der Waals surface area contributed by atoms with Crippen LogP contribution in [0.15, 0.2) is 55.0 Å². The molecule has 14 heteroatoms. The Balaban J connectivity index is 0.000000287. The number of hydrogen-bond acceptors (Lipinski definition) is 11. The number of carbonyl (C=O) groups excluding carboxylic acids is 1. The first kappa shape index (κ1) is 28.6. The molecule has 1 aliphatic heterocycles. The molecule has 0 bridgehead atoms. The van der Waals surface area contributed by atoms with Crippen LogP contribution in [0.2, 0.25) is 0 Å². The summed E-state index contributed by atoms with van der Waals surface area (Å²) in [5, 5.41) is 36.5. The molecule has 1 aliphatic rings. The largest absolute Gasteiger partial charge is 0.394 e. The molecule has 6 rings (SSSR count). The number of aliphatic hydroxyl groups excluding tert-OH is 2. The number of ether oxygens (including phenoxy) is 1. The van der Waals surface area contributed by atoms with Crippen LogP contribution in [0.5, 0.6) is 0 Å². The first-order valence-electron chi connectivity index (χ1n) is 12.9. The Hall–Kier alpha value is -3.95. The van der Waals surface area contributed by atoms with Crippen molar-refractivity contribution < 1.29 is 24.1 Å². The van der Waals surface area contributed by atoms with Crippen molar-refractivity contribution >= 4 is 27.8 Å². The van der Waals surface area contributed by atoms with Crippen LogP contribution in [0.1, 0.15) is 45.5 Å². The van der Waals surface area contributed by atoms with Gasteiger partial charge in [0.05, 0.1) is 39.8 Å². The molecule has 41 heavy (non-hydrogen) atoms. The van der Waals surface area contributed by atoms with Gasteiger partial charge in [-0.1, -0.05) is 17.3 Å². The average molecular weight is 581 g/mol. The van der Waals surface area contributed by atoms with E-state index < -0.39 is 24.4 Å². The van der Waals surface area contributed by atoms with Gasteiger partial charge in [0.1, 0.15) is 36.2 Å². The number of benzene rings is 2. The molecule has 214 valence electrons. The molecule has 4 unspecified atom stereocenters. The lowest BCUT2D eigenvalue weighted by molar-refractivity contribution is -0.161. The second kappa shape index (κ2) is 12.7. The number of nitrogens with one attached hydrogen (secondary N) is 1. The molecule has 5 aromatic rings. The Bertz CT molecular complexity index is 1620. The Morgan fingerprint density at radius 1 is 1.27 bits per heavy atom. The molecule has 3 N–H and O–H groups in total. The number of aromatic nitrogens is 7. The third kappa shape index (κ3) is 6.36. The summed E-state index contributed by atoms with van der Waals surface area (Å²) in [4.78, 5) is 19.9. The highest BCUT2D eigenvalue weighted by molar-refractivity contribution is 7.18. The molecule has 1 fully saturated rings. The first-order valence-corrected chi connectivity index (χ1v) is 13.7. The van der Waals surface area contributed by atoms with E-state index in [0.717, 1.165) is 33.0 Å². The lowest BCUT2D eigenvalue weighted by atomic mass is 9.95. The van der Waals surface area contributed by atoms with Gasteiger partial charge in [0.15, 0.2) is 12.1 Å². The van der Waals surface area contributed by atoms with Crippen LogP contribution in [0.3, 0.4) is 0 Å². The summed E-state index contributed by atoms with van der Waals surface area (Å²) in [5.74, 6) is 0.361. The van der Waals surface area contributed by atoms with Crippen molar-refractivity contribution in [2.75, 3.05) is 13.7 Å². The van der Waals surface area contributed by atoms with E-state index in [0.29, 0.717) is 18.5 Å². The molecular formula is C27H29FN8O4S. The van der Waals surface area contributed by atoms with Gasteiger partial charge in [0.25, 0.3) is 0 Å². The minimum atomic E-state index is -1.03. The van der Waals surface area contributed by atoms with Crippen molar-refractivity contribution in [3.8, 4) is 5.69 Å². The predicted molar refractivity (Wildman–Crippen MR) is 148 cm³/mol. The number of aryl methyl sites for hydroxylation is 1. The number of aliphatic hydroxyl groups is 2. The standard InChI is InChI=1S/C19H19N7O4S.C8H10FN/c1-10-22-13-3-2-12(4-17(13)31-10)26-19(20-9-21-26)15-5-14(18(29)16(8-28)30-15)25-6-11(7-27)23-24-25;1-10-6-7-3-2-4-8(9)5-7/h2-4,6-7,9,14-16,18,28-29H,5,8H2,1H3;2-5,10H,6H2,1H3. The van der Waals surface area contributed by atoms with Crippen molar-refractivity contribution in [3.05, 3.63) is 82.9 Å². The van der Waals surface area contributed by atoms with E-state index in [9.17, 15) is 19.4 Å². The number of rotatable bonds is 7. The highest BCUT2D eigenvalue weighted by atomic mass is 32.1. The molecule has 0 saturated carbocycles. The van der Waals surface area contributed by atoms with E-state index in [1.807, 2.05) is 38.2 Å². The number of carbonyl (C=O) groups is 1. The Morgan fingerprint density at radius 2 is 2.12 bits per heavy atom. The van der Waals surface area contributed by atoms with E-state index in [1.165, 1.54) is 29.3 Å². The van der Waals surface area contributed by atoms with E-state index in [-0.39, 0.29) is 18.1 Å². The lowest BCUT2D eigenvalue weighted by Gasteiger charge is -2.38. The smallest absolute Gasteiger partial charge is 0.171 e. The topological polar surface area (TPSA) is 153 Å². The van der Waals surface area contributed by atoms with Gasteiger partial charge in [0.2, 0.25) is 0 Å². The minimum absolute atomic E-state index is 0.159. The Kier molecular flexibility index (Phi) is 8.85. The van der Waals surface area contributed by atoms with Gasteiger partial charge in [0, 0.05) is 13.0 Å². The van der Waals surface area contributed by atoms with Crippen LogP contribution in [-0.4, -0.2) is 77.1 Å². The molecule has 12 nitrogen and oxygen atoms in total. The number of nitrogens with zero attached hydrogens (tertiary/aromatic N) is 7. The normalized spacial score (nSPS) is 20.5. The third-order valence-electron chi connectivity index (χ3n) is 6.59. The SMILES string of the molecule is CNCc1cccc(F)c1.Cc1nc2ccc(-n3ncnc3C3CC(n4cc(C=O)nn4)C(O)C(CO)O3)cc2s1. The number of halogens is 1. The number of aldehydes is 1. The highest BCUT2D eigenvalue weighted by Crippen LogP contribution is 2.37. The maximum atomic E-state index is 12.5. The van der Waals surface area contributed by atoms with Crippen LogP contribution < -0.4 is 5.32 Å². The highest BCUT2D eigenvalue weighted by Gasteiger charge is 2.41. The van der Waals surface area contributed by atoms with E-state index in [2.05, 4.69) is 30.7 Å². The molecule has 4 heterocycles. The number of hydrogen-bond donors (Lipinski definition) is 3. The van der Waals surface area contributed by atoms with E-state index in [4.69, 9.17) is 4.74 Å². The van der Waals surface area contributed by atoms with Crippen LogP contribution >= 0.6 is 11.3 Å². The maximum Gasteiger partial charge on any atom is 0.171 e. The summed E-state index contributed by atoms with van der Waals surface area (Å²) >= 11 is 1.59. The fourth-order valence-corrected chi connectivity index (χ4v) is 5.58. The summed E-state index contributed by atoms with van der Waals surface area (Å²) in [7, 11) is 1.84. The average Bonchev–Trinajstić information content (AvgIpc) is 3.72. The van der Waals surface area contributed by atoms with E-state index >= 15 is 0 Å². The molecule has 0 aliphatic carbocycles. The van der Waals surface area contributed by atoms with Gasteiger partial charge in [-0.15, -0.1) is 16.4 Å². The van der Waals surface area contributed by atoms with Crippen molar-refractivity contribution in [3.63, 3.8) is 0 Å². The minimum Gasteiger partial charge on any atom is -0.394 e. The monoisotopic (exact) mass is 580 g/mol. The zero-order valence-corrected chi connectivity index (χ0v) is 23.1. The summed E-state index contributed by atoms with van der Waals surface area (Å²) in [5.41, 5.74) is 2.86. The van der Waals surface area contributed by atoms with Crippen molar-refractivity contribution in [2.45, 2.75) is 44.2 Å². The molecule has 2 aromatic carbocycles. The predicted octanol–water partition coefficient (Wildman–Crippen LogP) is 2.56. The third-order valence-corrected chi connectivity index (χ3v) is 7.53. The van der Waals surface area contributed by atoms with Gasteiger partial charge >= 0.3 is 0 Å². The van der Waals surface area contributed by atoms with E-state index in [1.54, 1.807) is 22.1 Å². The first-order chi connectivity index (χ1) is 19.9. The fraction of sp³-hybridized carbons (Fsp3) is 0.333. The second-order valence-corrected chi connectivity index (χ2v) is 10.7.